The summed E-state index contributed by atoms with van der Waals surface area (Å²) in [7, 11) is 0. The van der Waals surface area contributed by atoms with E-state index in [9.17, 15) is 5.11 Å². The summed E-state index contributed by atoms with van der Waals surface area (Å²) in [5.41, 5.74) is 4.51. The highest BCUT2D eigenvalue weighted by Crippen LogP contribution is 2.20. The molecule has 1 heterocycles. The maximum atomic E-state index is 9.67. The number of hydrogen-bond donors (Lipinski definition) is 2. The van der Waals surface area contributed by atoms with Crippen LogP contribution in [0.1, 0.15) is 38.3 Å². The van der Waals surface area contributed by atoms with Gasteiger partial charge >= 0.3 is 0 Å². The van der Waals surface area contributed by atoms with Crippen molar-refractivity contribution >= 4 is 11.0 Å². The molecule has 4 nitrogen and oxygen atoms in total. The van der Waals surface area contributed by atoms with Gasteiger partial charge in [-0.2, -0.15) is 0 Å². The summed E-state index contributed by atoms with van der Waals surface area (Å²) in [5.74, 6) is 0. The van der Waals surface area contributed by atoms with E-state index < -0.39 is 0 Å². The molecule has 0 amide bonds. The maximum absolute atomic E-state index is 9.67. The number of nitrogens with one attached hydrogen (secondary N) is 1. The van der Waals surface area contributed by atoms with Crippen LogP contribution in [0.15, 0.2) is 18.5 Å². The van der Waals surface area contributed by atoms with E-state index in [1.54, 1.807) is 0 Å². The molecule has 0 spiro atoms. The Morgan fingerprint density at radius 1 is 1.29 bits per heavy atom. The van der Waals surface area contributed by atoms with Crippen molar-refractivity contribution in [2.24, 2.45) is 0 Å². The van der Waals surface area contributed by atoms with Gasteiger partial charge in [0.2, 0.25) is 0 Å². The topological polar surface area (TPSA) is 50.1 Å². The van der Waals surface area contributed by atoms with E-state index in [4.69, 9.17) is 0 Å². The number of nitrogens with zero attached hydrogens (tertiary/aromatic N) is 2. The van der Waals surface area contributed by atoms with Crippen molar-refractivity contribution in [3.05, 3.63) is 29.6 Å². The number of aliphatic hydroxyl groups is 1. The zero-order valence-electron chi connectivity index (χ0n) is 13.8. The second-order valence-corrected chi connectivity index (χ2v) is 6.63. The minimum Gasteiger partial charge on any atom is -0.394 e. The normalized spacial score (nSPS) is 14.8. The molecule has 2 N–H and O–H groups in total. The molecule has 2 rings (SSSR count). The van der Waals surface area contributed by atoms with Crippen LogP contribution in [0.3, 0.4) is 0 Å². The Morgan fingerprint density at radius 3 is 2.57 bits per heavy atom. The third-order valence-corrected chi connectivity index (χ3v) is 4.13. The molecular formula is C17H27N3O. The minimum absolute atomic E-state index is 0.135. The summed E-state index contributed by atoms with van der Waals surface area (Å²) in [6.45, 7) is 11.5. The van der Waals surface area contributed by atoms with Crippen molar-refractivity contribution in [2.45, 2.75) is 59.2 Å². The van der Waals surface area contributed by atoms with Gasteiger partial charge in [-0.05, 0) is 50.5 Å². The quantitative estimate of drug-likeness (QED) is 0.860. The Labute approximate surface area is 127 Å². The van der Waals surface area contributed by atoms with Gasteiger partial charge in [0.1, 0.15) is 0 Å². The average Bonchev–Trinajstić information content (AvgIpc) is 2.79. The van der Waals surface area contributed by atoms with E-state index in [1.807, 2.05) is 6.33 Å². The molecule has 0 saturated heterocycles. The molecule has 0 aliphatic rings. The molecule has 4 heteroatoms. The predicted molar refractivity (Wildman–Crippen MR) is 87.6 cm³/mol. The van der Waals surface area contributed by atoms with E-state index in [-0.39, 0.29) is 12.1 Å². The van der Waals surface area contributed by atoms with Crippen molar-refractivity contribution in [3.63, 3.8) is 0 Å². The number of rotatable bonds is 6. The highest BCUT2D eigenvalue weighted by atomic mass is 16.3. The minimum atomic E-state index is -0.259. The second-order valence-electron chi connectivity index (χ2n) is 6.63. The van der Waals surface area contributed by atoms with Crippen LogP contribution in [0, 0.1) is 13.8 Å². The molecular weight excluding hydrogens is 262 g/mol. The Balaban J connectivity index is 2.18. The van der Waals surface area contributed by atoms with Crippen LogP contribution < -0.4 is 5.32 Å². The van der Waals surface area contributed by atoms with Crippen LogP contribution in [0.4, 0.5) is 0 Å². The fourth-order valence-electron chi connectivity index (χ4n) is 2.75. The highest BCUT2D eigenvalue weighted by molar-refractivity contribution is 5.77. The lowest BCUT2D eigenvalue weighted by atomic mass is 9.97. The van der Waals surface area contributed by atoms with Gasteiger partial charge in [-0.3, -0.25) is 0 Å². The van der Waals surface area contributed by atoms with Crippen LogP contribution >= 0.6 is 0 Å². The Morgan fingerprint density at radius 2 is 1.95 bits per heavy atom. The van der Waals surface area contributed by atoms with E-state index in [1.165, 1.54) is 16.6 Å². The van der Waals surface area contributed by atoms with Gasteiger partial charge in [0.05, 0.1) is 24.0 Å². The van der Waals surface area contributed by atoms with Gasteiger partial charge in [-0.1, -0.05) is 13.8 Å². The summed E-state index contributed by atoms with van der Waals surface area (Å²) in [6, 6.07) is 4.69. The van der Waals surface area contributed by atoms with Crippen molar-refractivity contribution in [1.82, 2.24) is 14.9 Å². The predicted octanol–water partition coefficient (Wildman–Crippen LogP) is 2.79. The first kappa shape index (κ1) is 16.0. The lowest BCUT2D eigenvalue weighted by Gasteiger charge is -2.31. The van der Waals surface area contributed by atoms with Crippen molar-refractivity contribution in [1.29, 1.82) is 0 Å². The molecule has 2 aromatic rings. The monoisotopic (exact) mass is 289 g/mol. The number of hydrogen-bond acceptors (Lipinski definition) is 3. The summed E-state index contributed by atoms with van der Waals surface area (Å²) >= 11 is 0. The standard InChI is InChI=1S/C17H27N3O/c1-12(2)19-17(5,10-21)6-7-20-11-18-15-8-13(3)14(4)9-16(15)20/h8-9,11-12,19,21H,6-7,10H2,1-5H3. The zero-order valence-corrected chi connectivity index (χ0v) is 13.8. The first-order valence-corrected chi connectivity index (χ1v) is 7.65. The number of aryl methyl sites for hydroxylation is 3. The van der Waals surface area contributed by atoms with Crippen LogP contribution in [-0.4, -0.2) is 32.8 Å². The average molecular weight is 289 g/mol. The van der Waals surface area contributed by atoms with Gasteiger partial charge in [-0.25, -0.2) is 4.98 Å². The summed E-state index contributed by atoms with van der Waals surface area (Å²) in [5, 5.41) is 13.1. The smallest absolute Gasteiger partial charge is 0.0958 e. The molecule has 0 aliphatic carbocycles. The molecule has 0 aliphatic heterocycles. The largest absolute Gasteiger partial charge is 0.394 e. The number of fused-ring (bicyclic) bond motifs is 1. The van der Waals surface area contributed by atoms with Crippen molar-refractivity contribution < 1.29 is 5.11 Å². The molecule has 0 saturated carbocycles. The molecule has 1 aromatic carbocycles. The van der Waals surface area contributed by atoms with E-state index in [0.717, 1.165) is 18.5 Å². The second kappa shape index (κ2) is 6.16. The van der Waals surface area contributed by atoms with Crippen LogP contribution in [0.25, 0.3) is 11.0 Å². The molecule has 1 aromatic heterocycles. The Hall–Kier alpha value is -1.39. The SMILES string of the molecule is Cc1cc2ncn(CCC(C)(CO)NC(C)C)c2cc1C. The van der Waals surface area contributed by atoms with Gasteiger partial charge in [0.15, 0.2) is 0 Å². The lowest BCUT2D eigenvalue weighted by Crippen LogP contribution is -2.49. The van der Waals surface area contributed by atoms with Crippen molar-refractivity contribution in [3.8, 4) is 0 Å². The van der Waals surface area contributed by atoms with Gasteiger partial charge in [-0.15, -0.1) is 0 Å². The molecule has 116 valence electrons. The Kier molecular flexibility index (Phi) is 4.69. The number of benzene rings is 1. The van der Waals surface area contributed by atoms with Crippen LogP contribution in [0.2, 0.25) is 0 Å². The summed E-state index contributed by atoms with van der Waals surface area (Å²) in [4.78, 5) is 4.49. The number of imidazole rings is 1. The fourth-order valence-corrected chi connectivity index (χ4v) is 2.75. The lowest BCUT2D eigenvalue weighted by molar-refractivity contribution is 0.152. The van der Waals surface area contributed by atoms with E-state index in [0.29, 0.717) is 6.04 Å². The molecule has 0 radical (unpaired) electrons. The Bertz CT molecular complexity index is 618. The molecule has 1 atom stereocenters. The maximum Gasteiger partial charge on any atom is 0.0958 e. The van der Waals surface area contributed by atoms with Gasteiger partial charge < -0.3 is 15.0 Å². The molecule has 0 fully saturated rings. The first-order valence-electron chi connectivity index (χ1n) is 7.65. The van der Waals surface area contributed by atoms with Crippen LogP contribution in [0.5, 0.6) is 0 Å². The molecule has 0 bridgehead atoms. The van der Waals surface area contributed by atoms with E-state index >= 15 is 0 Å². The first-order chi connectivity index (χ1) is 9.84. The fraction of sp³-hybridized carbons (Fsp3) is 0.588. The van der Waals surface area contributed by atoms with Crippen molar-refractivity contribution in [2.75, 3.05) is 6.61 Å². The molecule has 21 heavy (non-hydrogen) atoms. The summed E-state index contributed by atoms with van der Waals surface area (Å²) < 4.78 is 2.18. The highest BCUT2D eigenvalue weighted by Gasteiger charge is 2.23. The van der Waals surface area contributed by atoms with E-state index in [2.05, 4.69) is 61.6 Å². The summed E-state index contributed by atoms with van der Waals surface area (Å²) in [6.07, 6.45) is 2.76. The van der Waals surface area contributed by atoms with Crippen LogP contribution in [-0.2, 0) is 6.54 Å². The van der Waals surface area contributed by atoms with Gasteiger partial charge in [0, 0.05) is 18.1 Å². The third-order valence-electron chi connectivity index (χ3n) is 4.13. The zero-order chi connectivity index (χ0) is 15.6. The molecule has 1 unspecified atom stereocenters. The third kappa shape index (κ3) is 3.63. The number of aliphatic hydroxyl groups excluding tert-OH is 1. The van der Waals surface area contributed by atoms with Gasteiger partial charge in [0.25, 0.3) is 0 Å². The number of aromatic nitrogens is 2.